The Kier molecular flexibility index (Phi) is 7.33. The minimum atomic E-state index is -3.65. The molecule has 1 heterocycles. The van der Waals surface area contributed by atoms with Crippen LogP contribution in [0.2, 0.25) is 0 Å². The lowest BCUT2D eigenvalue weighted by molar-refractivity contribution is -0.126. The van der Waals surface area contributed by atoms with E-state index in [-0.39, 0.29) is 23.3 Å². The SMILES string of the molecule is COc1ccc(S(=O)(=O)N2CCC[C@@H](C(=O)NCCOc3ccc(C)cc3)C2)cc1. The molecule has 1 aliphatic heterocycles. The van der Waals surface area contributed by atoms with Gasteiger partial charge in [0.15, 0.2) is 0 Å². The second-order valence-electron chi connectivity index (χ2n) is 7.33. The maximum Gasteiger partial charge on any atom is 0.243 e. The molecule has 0 radical (unpaired) electrons. The molecule has 162 valence electrons. The van der Waals surface area contributed by atoms with Crippen LogP contribution in [0, 0.1) is 12.8 Å². The lowest BCUT2D eigenvalue weighted by Crippen LogP contribution is -2.45. The van der Waals surface area contributed by atoms with Gasteiger partial charge in [-0.3, -0.25) is 4.79 Å². The van der Waals surface area contributed by atoms with Gasteiger partial charge in [-0.05, 0) is 56.2 Å². The smallest absolute Gasteiger partial charge is 0.243 e. The number of aryl methyl sites for hydroxylation is 1. The summed E-state index contributed by atoms with van der Waals surface area (Å²) < 4.78 is 38.0. The van der Waals surface area contributed by atoms with Crippen molar-refractivity contribution >= 4 is 15.9 Å². The van der Waals surface area contributed by atoms with Gasteiger partial charge in [0.05, 0.1) is 24.5 Å². The molecule has 0 aliphatic carbocycles. The van der Waals surface area contributed by atoms with Crippen LogP contribution in [0.15, 0.2) is 53.4 Å². The highest BCUT2D eigenvalue weighted by atomic mass is 32.2. The highest BCUT2D eigenvalue weighted by molar-refractivity contribution is 7.89. The summed E-state index contributed by atoms with van der Waals surface area (Å²) in [6.45, 7) is 3.32. The van der Waals surface area contributed by atoms with E-state index in [0.717, 1.165) is 11.3 Å². The number of methoxy groups -OCH3 is 1. The summed E-state index contributed by atoms with van der Waals surface area (Å²) in [7, 11) is -2.11. The number of nitrogens with one attached hydrogen (secondary N) is 1. The van der Waals surface area contributed by atoms with E-state index in [2.05, 4.69) is 5.32 Å². The van der Waals surface area contributed by atoms with Crippen molar-refractivity contribution in [3.63, 3.8) is 0 Å². The van der Waals surface area contributed by atoms with Crippen molar-refractivity contribution in [1.29, 1.82) is 0 Å². The van der Waals surface area contributed by atoms with Gasteiger partial charge in [-0.15, -0.1) is 0 Å². The Labute approximate surface area is 178 Å². The van der Waals surface area contributed by atoms with Crippen molar-refractivity contribution in [2.75, 3.05) is 33.4 Å². The standard InChI is InChI=1S/C22H28N2O5S/c1-17-5-7-20(8-6-17)29-15-13-23-22(25)18-4-3-14-24(16-18)30(26,27)21-11-9-19(28-2)10-12-21/h5-12,18H,3-4,13-16H2,1-2H3,(H,23,25)/t18-/m1/s1. The predicted molar refractivity (Wildman–Crippen MR) is 114 cm³/mol. The summed E-state index contributed by atoms with van der Waals surface area (Å²) in [5.41, 5.74) is 1.15. The summed E-state index contributed by atoms with van der Waals surface area (Å²) in [4.78, 5) is 12.7. The number of hydrogen-bond acceptors (Lipinski definition) is 5. The van der Waals surface area contributed by atoms with Crippen LogP contribution in [0.4, 0.5) is 0 Å². The van der Waals surface area contributed by atoms with Crippen molar-refractivity contribution in [1.82, 2.24) is 9.62 Å². The molecule has 1 atom stereocenters. The highest BCUT2D eigenvalue weighted by Crippen LogP contribution is 2.25. The van der Waals surface area contributed by atoms with Crippen molar-refractivity contribution < 1.29 is 22.7 Å². The highest BCUT2D eigenvalue weighted by Gasteiger charge is 2.33. The number of nitrogens with zero attached hydrogens (tertiary/aromatic N) is 1. The molecular formula is C22H28N2O5S. The van der Waals surface area contributed by atoms with E-state index in [1.807, 2.05) is 31.2 Å². The first-order chi connectivity index (χ1) is 14.4. The van der Waals surface area contributed by atoms with Gasteiger partial charge < -0.3 is 14.8 Å². The molecule has 0 unspecified atom stereocenters. The molecule has 1 fully saturated rings. The van der Waals surface area contributed by atoms with E-state index >= 15 is 0 Å². The third-order valence-electron chi connectivity index (χ3n) is 5.14. The first kappa shape index (κ1) is 22.1. The zero-order valence-electron chi connectivity index (χ0n) is 17.3. The third-order valence-corrected chi connectivity index (χ3v) is 7.02. The summed E-state index contributed by atoms with van der Waals surface area (Å²) in [5.74, 6) is 0.838. The van der Waals surface area contributed by atoms with Gasteiger partial charge in [0.25, 0.3) is 0 Å². The van der Waals surface area contributed by atoms with Crippen molar-refractivity contribution in [3.8, 4) is 11.5 Å². The fourth-order valence-electron chi connectivity index (χ4n) is 3.39. The van der Waals surface area contributed by atoms with Crippen LogP contribution in [0.25, 0.3) is 0 Å². The number of sulfonamides is 1. The maximum absolute atomic E-state index is 12.9. The largest absolute Gasteiger partial charge is 0.497 e. The molecule has 30 heavy (non-hydrogen) atoms. The van der Waals surface area contributed by atoms with Crippen molar-refractivity contribution in [2.24, 2.45) is 5.92 Å². The number of amides is 1. The summed E-state index contributed by atoms with van der Waals surface area (Å²) in [5, 5.41) is 2.86. The van der Waals surface area contributed by atoms with Gasteiger partial charge in [-0.1, -0.05) is 17.7 Å². The van der Waals surface area contributed by atoms with Crippen molar-refractivity contribution in [2.45, 2.75) is 24.7 Å². The van der Waals surface area contributed by atoms with Crippen LogP contribution in [0.5, 0.6) is 11.5 Å². The number of carbonyl (C=O) groups is 1. The van der Waals surface area contributed by atoms with E-state index in [1.165, 1.54) is 23.5 Å². The molecule has 7 nitrogen and oxygen atoms in total. The summed E-state index contributed by atoms with van der Waals surface area (Å²) in [6, 6.07) is 14.0. The van der Waals surface area contributed by atoms with Gasteiger partial charge in [0.2, 0.25) is 15.9 Å². The van der Waals surface area contributed by atoms with E-state index < -0.39 is 10.0 Å². The average Bonchev–Trinajstić information content (AvgIpc) is 2.78. The molecule has 3 rings (SSSR count). The zero-order chi connectivity index (χ0) is 21.6. The minimum absolute atomic E-state index is 0.142. The van der Waals surface area contributed by atoms with Crippen LogP contribution in [-0.2, 0) is 14.8 Å². The van der Waals surface area contributed by atoms with Crippen LogP contribution in [0.3, 0.4) is 0 Å². The van der Waals surface area contributed by atoms with Crippen molar-refractivity contribution in [3.05, 3.63) is 54.1 Å². The van der Waals surface area contributed by atoms with Crippen LogP contribution in [-0.4, -0.2) is 52.0 Å². The summed E-state index contributed by atoms with van der Waals surface area (Å²) >= 11 is 0. The minimum Gasteiger partial charge on any atom is -0.497 e. The maximum atomic E-state index is 12.9. The molecular weight excluding hydrogens is 404 g/mol. The molecule has 2 aromatic carbocycles. The lowest BCUT2D eigenvalue weighted by atomic mass is 9.99. The Balaban J connectivity index is 1.51. The predicted octanol–water partition coefficient (Wildman–Crippen LogP) is 2.60. The fourth-order valence-corrected chi connectivity index (χ4v) is 4.92. The van der Waals surface area contributed by atoms with Gasteiger partial charge >= 0.3 is 0 Å². The van der Waals surface area contributed by atoms with Crippen LogP contribution in [0.1, 0.15) is 18.4 Å². The summed E-state index contributed by atoms with van der Waals surface area (Å²) in [6.07, 6.45) is 1.31. The van der Waals surface area contributed by atoms with E-state index in [4.69, 9.17) is 9.47 Å². The molecule has 0 bridgehead atoms. The first-order valence-electron chi connectivity index (χ1n) is 10.0. The Morgan fingerprint density at radius 2 is 1.77 bits per heavy atom. The van der Waals surface area contributed by atoms with Crippen LogP contribution >= 0.6 is 0 Å². The molecule has 1 aliphatic rings. The molecule has 0 saturated carbocycles. The molecule has 1 N–H and O–H groups in total. The zero-order valence-corrected chi connectivity index (χ0v) is 18.2. The Morgan fingerprint density at radius 1 is 1.10 bits per heavy atom. The van der Waals surface area contributed by atoms with E-state index in [9.17, 15) is 13.2 Å². The quantitative estimate of drug-likeness (QED) is 0.648. The van der Waals surface area contributed by atoms with Gasteiger partial charge in [0.1, 0.15) is 18.1 Å². The molecule has 0 spiro atoms. The number of carbonyl (C=O) groups excluding carboxylic acids is 1. The number of rotatable bonds is 8. The number of benzene rings is 2. The second kappa shape index (κ2) is 9.95. The molecule has 1 saturated heterocycles. The fraction of sp³-hybridized carbons (Fsp3) is 0.409. The lowest BCUT2D eigenvalue weighted by Gasteiger charge is -2.31. The number of hydrogen-bond donors (Lipinski definition) is 1. The Bertz CT molecular complexity index is 942. The third kappa shape index (κ3) is 5.52. The van der Waals surface area contributed by atoms with Gasteiger partial charge in [-0.25, -0.2) is 8.42 Å². The monoisotopic (exact) mass is 432 g/mol. The van der Waals surface area contributed by atoms with E-state index in [0.29, 0.717) is 38.3 Å². The first-order valence-corrected chi connectivity index (χ1v) is 11.5. The second-order valence-corrected chi connectivity index (χ2v) is 9.27. The Hall–Kier alpha value is -2.58. The van der Waals surface area contributed by atoms with Crippen LogP contribution < -0.4 is 14.8 Å². The average molecular weight is 433 g/mol. The Morgan fingerprint density at radius 3 is 2.43 bits per heavy atom. The number of ether oxygens (including phenoxy) is 2. The molecule has 8 heteroatoms. The molecule has 1 amide bonds. The topological polar surface area (TPSA) is 84.9 Å². The van der Waals surface area contributed by atoms with E-state index in [1.54, 1.807) is 12.1 Å². The molecule has 0 aromatic heterocycles. The number of piperidine rings is 1. The van der Waals surface area contributed by atoms with Gasteiger partial charge in [0, 0.05) is 13.1 Å². The molecule has 2 aromatic rings. The van der Waals surface area contributed by atoms with Gasteiger partial charge in [-0.2, -0.15) is 4.31 Å². The normalized spacial score (nSPS) is 17.3.